The second-order valence-electron chi connectivity index (χ2n) is 4.89. The van der Waals surface area contributed by atoms with Crippen molar-refractivity contribution in [2.45, 2.75) is 19.3 Å². The van der Waals surface area contributed by atoms with Crippen molar-refractivity contribution >= 4 is 16.5 Å². The number of aromatic amines is 1. The molecule has 1 aromatic carbocycles. The van der Waals surface area contributed by atoms with Crippen LogP contribution in [0.3, 0.4) is 0 Å². The molecule has 2 heteroatoms. The largest absolute Gasteiger partial charge is 0.360 e. The van der Waals surface area contributed by atoms with Crippen LogP contribution in [0.1, 0.15) is 24.8 Å². The van der Waals surface area contributed by atoms with Gasteiger partial charge in [-0.15, -0.1) is 6.58 Å². The lowest BCUT2D eigenvalue weighted by molar-refractivity contribution is 0.593. The summed E-state index contributed by atoms with van der Waals surface area (Å²) in [6, 6.07) is 4.93. The molecule has 92 valence electrons. The van der Waals surface area contributed by atoms with Crippen LogP contribution in [0.2, 0.25) is 0 Å². The zero-order valence-corrected chi connectivity index (χ0v) is 10.2. The maximum Gasteiger partial charge on any atom is 0.125 e. The van der Waals surface area contributed by atoms with Crippen LogP contribution in [-0.4, -0.2) is 4.98 Å². The minimum atomic E-state index is -0.194. The standard InChI is InChI=1S/C16H16FN/c1-2-11-3-5-12(6-4-11)15-10-18-16-9-13(17)7-8-14(15)16/h2,5,7-11,18H,1,3-4,6H2. The number of H-pyrrole nitrogens is 1. The summed E-state index contributed by atoms with van der Waals surface area (Å²) in [6.45, 7) is 3.85. The van der Waals surface area contributed by atoms with Gasteiger partial charge < -0.3 is 4.98 Å². The molecule has 0 radical (unpaired) electrons. The molecule has 1 aliphatic carbocycles. The van der Waals surface area contributed by atoms with Crippen molar-refractivity contribution in [2.24, 2.45) is 5.92 Å². The molecule has 1 N–H and O–H groups in total. The summed E-state index contributed by atoms with van der Waals surface area (Å²) in [4.78, 5) is 3.15. The molecular formula is C16H16FN. The first-order chi connectivity index (χ1) is 8.78. The Bertz CT molecular complexity index is 621. The number of allylic oxidation sites excluding steroid dienone is 3. The monoisotopic (exact) mass is 241 g/mol. The van der Waals surface area contributed by atoms with Crippen molar-refractivity contribution in [3.05, 3.63) is 54.5 Å². The number of hydrogen-bond donors (Lipinski definition) is 1. The number of nitrogens with one attached hydrogen (secondary N) is 1. The fourth-order valence-electron chi connectivity index (χ4n) is 2.68. The molecule has 0 saturated carbocycles. The van der Waals surface area contributed by atoms with Crippen LogP contribution in [0.15, 0.2) is 43.1 Å². The van der Waals surface area contributed by atoms with Crippen LogP contribution in [-0.2, 0) is 0 Å². The second-order valence-corrected chi connectivity index (χ2v) is 4.89. The predicted octanol–water partition coefficient (Wildman–Crippen LogP) is 4.68. The van der Waals surface area contributed by atoms with E-state index in [4.69, 9.17) is 0 Å². The molecule has 1 heterocycles. The van der Waals surface area contributed by atoms with E-state index < -0.39 is 0 Å². The van der Waals surface area contributed by atoms with E-state index in [1.807, 2.05) is 18.3 Å². The Labute approximate surface area is 106 Å². The maximum absolute atomic E-state index is 13.1. The van der Waals surface area contributed by atoms with Crippen LogP contribution in [0, 0.1) is 11.7 Å². The molecule has 1 atom stereocenters. The Balaban J connectivity index is 2.00. The Hall–Kier alpha value is -1.83. The Kier molecular flexibility index (Phi) is 2.78. The Morgan fingerprint density at radius 1 is 1.39 bits per heavy atom. The lowest BCUT2D eigenvalue weighted by Crippen LogP contribution is -2.01. The van der Waals surface area contributed by atoms with E-state index in [1.54, 1.807) is 6.07 Å². The van der Waals surface area contributed by atoms with Gasteiger partial charge in [0.05, 0.1) is 0 Å². The predicted molar refractivity (Wildman–Crippen MR) is 73.8 cm³/mol. The van der Waals surface area contributed by atoms with Crippen LogP contribution >= 0.6 is 0 Å². The van der Waals surface area contributed by atoms with Gasteiger partial charge in [-0.2, -0.15) is 0 Å². The molecule has 0 amide bonds. The molecule has 1 aromatic heterocycles. The zero-order valence-electron chi connectivity index (χ0n) is 10.2. The van der Waals surface area contributed by atoms with Gasteiger partial charge >= 0.3 is 0 Å². The molecule has 1 aliphatic rings. The third-order valence-electron chi connectivity index (χ3n) is 3.77. The van der Waals surface area contributed by atoms with E-state index in [2.05, 4.69) is 17.6 Å². The highest BCUT2D eigenvalue weighted by Crippen LogP contribution is 2.34. The summed E-state index contributed by atoms with van der Waals surface area (Å²) in [6.07, 6.45) is 9.61. The van der Waals surface area contributed by atoms with Crippen molar-refractivity contribution in [1.82, 2.24) is 4.98 Å². The van der Waals surface area contributed by atoms with Gasteiger partial charge in [0.2, 0.25) is 0 Å². The Morgan fingerprint density at radius 3 is 3.00 bits per heavy atom. The van der Waals surface area contributed by atoms with Crippen LogP contribution in [0.4, 0.5) is 4.39 Å². The normalized spacial score (nSPS) is 19.8. The number of hydrogen-bond acceptors (Lipinski definition) is 0. The second kappa shape index (κ2) is 4.45. The van der Waals surface area contributed by atoms with Gasteiger partial charge in [-0.3, -0.25) is 0 Å². The molecule has 1 unspecified atom stereocenters. The summed E-state index contributed by atoms with van der Waals surface area (Å²) in [5.41, 5.74) is 3.45. The summed E-state index contributed by atoms with van der Waals surface area (Å²) < 4.78 is 13.1. The molecule has 0 saturated heterocycles. The van der Waals surface area contributed by atoms with Crippen molar-refractivity contribution in [3.63, 3.8) is 0 Å². The van der Waals surface area contributed by atoms with Crippen molar-refractivity contribution < 1.29 is 4.39 Å². The van der Waals surface area contributed by atoms with Gasteiger partial charge in [0.25, 0.3) is 0 Å². The molecular weight excluding hydrogens is 225 g/mol. The topological polar surface area (TPSA) is 15.8 Å². The summed E-state index contributed by atoms with van der Waals surface area (Å²) in [7, 11) is 0. The summed E-state index contributed by atoms with van der Waals surface area (Å²) in [5, 5.41) is 1.11. The van der Waals surface area contributed by atoms with Gasteiger partial charge in [-0.25, -0.2) is 4.39 Å². The lowest BCUT2D eigenvalue weighted by Gasteiger charge is -2.18. The van der Waals surface area contributed by atoms with Crippen LogP contribution in [0.5, 0.6) is 0 Å². The fraction of sp³-hybridized carbons (Fsp3) is 0.250. The quantitative estimate of drug-likeness (QED) is 0.735. The van der Waals surface area contributed by atoms with Gasteiger partial charge in [0.15, 0.2) is 0 Å². The van der Waals surface area contributed by atoms with E-state index in [9.17, 15) is 4.39 Å². The molecule has 0 aliphatic heterocycles. The molecule has 18 heavy (non-hydrogen) atoms. The SMILES string of the molecule is C=CC1CC=C(c2c[nH]c3cc(F)ccc23)CC1. The smallest absolute Gasteiger partial charge is 0.125 e. The molecule has 0 bridgehead atoms. The minimum Gasteiger partial charge on any atom is -0.360 e. The zero-order chi connectivity index (χ0) is 12.5. The molecule has 1 nitrogen and oxygen atoms in total. The highest BCUT2D eigenvalue weighted by Gasteiger charge is 2.15. The van der Waals surface area contributed by atoms with Crippen molar-refractivity contribution in [2.75, 3.05) is 0 Å². The maximum atomic E-state index is 13.1. The average molecular weight is 241 g/mol. The molecule has 3 rings (SSSR count). The summed E-state index contributed by atoms with van der Waals surface area (Å²) >= 11 is 0. The van der Waals surface area contributed by atoms with Crippen molar-refractivity contribution in [3.8, 4) is 0 Å². The van der Waals surface area contributed by atoms with E-state index in [0.29, 0.717) is 5.92 Å². The third-order valence-corrected chi connectivity index (χ3v) is 3.77. The fourth-order valence-corrected chi connectivity index (χ4v) is 2.68. The highest BCUT2D eigenvalue weighted by molar-refractivity contribution is 5.92. The number of halogens is 1. The number of aromatic nitrogens is 1. The first-order valence-electron chi connectivity index (χ1n) is 6.36. The van der Waals surface area contributed by atoms with E-state index >= 15 is 0 Å². The van der Waals surface area contributed by atoms with E-state index in [0.717, 1.165) is 30.2 Å². The summed E-state index contributed by atoms with van der Waals surface area (Å²) in [5.74, 6) is 0.414. The first-order valence-corrected chi connectivity index (χ1v) is 6.36. The van der Waals surface area contributed by atoms with Crippen molar-refractivity contribution in [1.29, 1.82) is 0 Å². The van der Waals surface area contributed by atoms with Gasteiger partial charge in [0, 0.05) is 22.7 Å². The minimum absolute atomic E-state index is 0.194. The van der Waals surface area contributed by atoms with Crippen LogP contribution in [0.25, 0.3) is 16.5 Å². The van der Waals surface area contributed by atoms with Gasteiger partial charge in [-0.1, -0.05) is 12.2 Å². The number of fused-ring (bicyclic) bond motifs is 1. The molecule has 0 spiro atoms. The van der Waals surface area contributed by atoms with Gasteiger partial charge in [0.1, 0.15) is 5.82 Å². The van der Waals surface area contributed by atoms with E-state index in [1.165, 1.54) is 17.2 Å². The van der Waals surface area contributed by atoms with E-state index in [-0.39, 0.29) is 5.82 Å². The number of benzene rings is 1. The average Bonchev–Trinajstić information content (AvgIpc) is 2.81. The first kappa shape index (κ1) is 11.3. The number of rotatable bonds is 2. The molecule has 0 fully saturated rings. The molecule has 2 aromatic rings. The van der Waals surface area contributed by atoms with Gasteiger partial charge in [-0.05, 0) is 49.0 Å². The Morgan fingerprint density at radius 2 is 2.28 bits per heavy atom. The third kappa shape index (κ3) is 1.88. The highest BCUT2D eigenvalue weighted by atomic mass is 19.1. The lowest BCUT2D eigenvalue weighted by atomic mass is 9.86. The van der Waals surface area contributed by atoms with Crippen LogP contribution < -0.4 is 0 Å².